The fraction of sp³-hybridized carbons (Fsp3) is 0.538. The highest BCUT2D eigenvalue weighted by molar-refractivity contribution is 6.32. The first-order valence-corrected chi connectivity index (χ1v) is 6.60. The Kier molecular flexibility index (Phi) is 4.86. The van der Waals surface area contributed by atoms with Gasteiger partial charge in [0.05, 0.1) is 13.2 Å². The van der Waals surface area contributed by atoms with Gasteiger partial charge in [0, 0.05) is 18.9 Å². The maximum absolute atomic E-state index is 11.9. The Morgan fingerprint density at radius 1 is 1.40 bits per heavy atom. The molecule has 0 saturated carbocycles. The number of hydrogen-bond donors (Lipinski definition) is 0. The predicted molar refractivity (Wildman–Crippen MR) is 68.9 cm³/mol. The van der Waals surface area contributed by atoms with Crippen LogP contribution in [0.15, 0.2) is 18.5 Å². The smallest absolute Gasteiger partial charge is 0.397 e. The van der Waals surface area contributed by atoms with Crippen LogP contribution < -0.4 is 4.74 Å². The Hall–Kier alpha value is -2.18. The van der Waals surface area contributed by atoms with E-state index in [2.05, 4.69) is 9.97 Å². The molecule has 1 saturated heterocycles. The number of esters is 1. The summed E-state index contributed by atoms with van der Waals surface area (Å²) in [5.74, 6) is -1.43. The molecule has 0 aromatic carbocycles. The van der Waals surface area contributed by atoms with Crippen LogP contribution in [0.5, 0.6) is 6.01 Å². The highest BCUT2D eigenvalue weighted by Gasteiger charge is 2.29. The van der Waals surface area contributed by atoms with Gasteiger partial charge in [0.15, 0.2) is 0 Å². The van der Waals surface area contributed by atoms with E-state index in [-0.39, 0.29) is 18.7 Å². The Bertz CT molecular complexity index is 466. The lowest BCUT2D eigenvalue weighted by molar-refractivity contribution is -0.161. The third kappa shape index (κ3) is 3.66. The van der Waals surface area contributed by atoms with Crippen LogP contribution in [0.3, 0.4) is 0 Å². The first-order chi connectivity index (χ1) is 9.70. The van der Waals surface area contributed by atoms with Gasteiger partial charge in [-0.1, -0.05) is 0 Å². The van der Waals surface area contributed by atoms with Crippen LogP contribution in [-0.2, 0) is 14.3 Å². The number of nitrogens with zero attached hydrogens (tertiary/aromatic N) is 3. The molecule has 1 aliphatic heterocycles. The summed E-state index contributed by atoms with van der Waals surface area (Å²) in [6.45, 7) is 2.74. The van der Waals surface area contributed by atoms with Gasteiger partial charge in [-0.2, -0.15) is 0 Å². The highest BCUT2D eigenvalue weighted by atomic mass is 16.5. The topological polar surface area (TPSA) is 81.6 Å². The van der Waals surface area contributed by atoms with Crippen LogP contribution in [0.1, 0.15) is 19.8 Å². The van der Waals surface area contributed by atoms with Crippen molar-refractivity contribution in [3.63, 3.8) is 0 Å². The van der Waals surface area contributed by atoms with Gasteiger partial charge in [0.1, 0.15) is 6.10 Å². The molecular weight excluding hydrogens is 262 g/mol. The molecule has 1 unspecified atom stereocenters. The zero-order valence-corrected chi connectivity index (χ0v) is 11.3. The summed E-state index contributed by atoms with van der Waals surface area (Å²) in [5.41, 5.74) is 0. The number of amides is 1. The lowest BCUT2D eigenvalue weighted by atomic mass is 10.1. The molecule has 1 atom stereocenters. The Balaban J connectivity index is 1.91. The van der Waals surface area contributed by atoms with Crippen LogP contribution in [0.2, 0.25) is 0 Å². The molecule has 1 aliphatic rings. The molecule has 1 amide bonds. The molecule has 1 fully saturated rings. The third-order valence-electron chi connectivity index (χ3n) is 2.93. The summed E-state index contributed by atoms with van der Waals surface area (Å²) >= 11 is 0. The minimum absolute atomic E-state index is 0.191. The van der Waals surface area contributed by atoms with Crippen molar-refractivity contribution in [1.82, 2.24) is 14.9 Å². The number of ether oxygens (including phenoxy) is 2. The van der Waals surface area contributed by atoms with Gasteiger partial charge in [0.2, 0.25) is 0 Å². The van der Waals surface area contributed by atoms with Crippen molar-refractivity contribution in [1.29, 1.82) is 0 Å². The lowest BCUT2D eigenvalue weighted by Gasteiger charge is -2.31. The van der Waals surface area contributed by atoms with Crippen LogP contribution in [0.25, 0.3) is 0 Å². The van der Waals surface area contributed by atoms with Crippen molar-refractivity contribution >= 4 is 11.9 Å². The highest BCUT2D eigenvalue weighted by Crippen LogP contribution is 2.15. The first kappa shape index (κ1) is 14.2. The number of likely N-dealkylation sites (tertiary alicyclic amines) is 1. The van der Waals surface area contributed by atoms with Gasteiger partial charge >= 0.3 is 17.9 Å². The number of carbonyl (C=O) groups excluding carboxylic acids is 2. The molecule has 7 heteroatoms. The molecule has 1 aromatic heterocycles. The normalized spacial score (nSPS) is 18.4. The van der Waals surface area contributed by atoms with Crippen molar-refractivity contribution in [3.05, 3.63) is 18.5 Å². The molecule has 0 N–H and O–H groups in total. The maximum atomic E-state index is 11.9. The van der Waals surface area contributed by atoms with Gasteiger partial charge in [0.25, 0.3) is 0 Å². The summed E-state index contributed by atoms with van der Waals surface area (Å²) in [7, 11) is 0. The number of carbonyl (C=O) groups is 2. The van der Waals surface area contributed by atoms with Crippen molar-refractivity contribution in [2.75, 3.05) is 19.7 Å². The van der Waals surface area contributed by atoms with E-state index in [9.17, 15) is 9.59 Å². The number of hydrogen-bond acceptors (Lipinski definition) is 6. The zero-order valence-electron chi connectivity index (χ0n) is 11.3. The standard InChI is InChI=1S/C13H17N3O4/c1-2-19-12(18)11(17)16-8-3-5-10(9-16)20-13-14-6-4-7-15-13/h4,6-7,10H,2-3,5,8-9H2,1H3. The molecule has 0 radical (unpaired) electrons. The van der Waals surface area contributed by atoms with Crippen LogP contribution in [-0.4, -0.2) is 52.5 Å². The van der Waals surface area contributed by atoms with Gasteiger partial charge in [-0.25, -0.2) is 14.8 Å². The summed E-state index contributed by atoms with van der Waals surface area (Å²) in [5, 5.41) is 0. The van der Waals surface area contributed by atoms with Gasteiger partial charge in [-0.15, -0.1) is 0 Å². The van der Waals surface area contributed by atoms with Crippen LogP contribution in [0, 0.1) is 0 Å². The van der Waals surface area contributed by atoms with Gasteiger partial charge in [-0.3, -0.25) is 4.79 Å². The SMILES string of the molecule is CCOC(=O)C(=O)N1CCCC(Oc2ncccn2)C1. The molecular formula is C13H17N3O4. The largest absolute Gasteiger partial charge is 0.459 e. The van der Waals surface area contributed by atoms with Crippen LogP contribution >= 0.6 is 0 Å². The van der Waals surface area contributed by atoms with E-state index in [0.29, 0.717) is 13.1 Å². The predicted octanol–water partition coefficient (Wildman–Crippen LogP) is 0.409. The summed E-state index contributed by atoms with van der Waals surface area (Å²) in [4.78, 5) is 32.7. The van der Waals surface area contributed by atoms with Gasteiger partial charge in [-0.05, 0) is 25.8 Å². The Morgan fingerprint density at radius 2 is 2.15 bits per heavy atom. The quantitative estimate of drug-likeness (QED) is 0.589. The lowest BCUT2D eigenvalue weighted by Crippen LogP contribution is -2.47. The van der Waals surface area contributed by atoms with Gasteiger partial charge < -0.3 is 14.4 Å². The van der Waals surface area contributed by atoms with E-state index in [1.54, 1.807) is 25.4 Å². The van der Waals surface area contributed by atoms with E-state index >= 15 is 0 Å². The Labute approximate surface area is 116 Å². The minimum Gasteiger partial charge on any atom is -0.459 e. The number of aromatic nitrogens is 2. The fourth-order valence-electron chi connectivity index (χ4n) is 2.04. The maximum Gasteiger partial charge on any atom is 0.397 e. The molecule has 1 aromatic rings. The zero-order chi connectivity index (χ0) is 14.4. The summed E-state index contributed by atoms with van der Waals surface area (Å²) in [6.07, 6.45) is 4.54. The van der Waals surface area contributed by atoms with Crippen molar-refractivity contribution in [2.45, 2.75) is 25.9 Å². The van der Waals surface area contributed by atoms with E-state index in [1.807, 2.05) is 0 Å². The molecule has 0 bridgehead atoms. The second kappa shape index (κ2) is 6.83. The van der Waals surface area contributed by atoms with Crippen LogP contribution in [0.4, 0.5) is 0 Å². The van der Waals surface area contributed by atoms with E-state index in [1.165, 1.54) is 4.90 Å². The summed E-state index contributed by atoms with van der Waals surface area (Å²) < 4.78 is 10.3. The third-order valence-corrected chi connectivity index (χ3v) is 2.93. The average molecular weight is 279 g/mol. The second-order valence-corrected chi connectivity index (χ2v) is 4.39. The van der Waals surface area contributed by atoms with Crippen molar-refractivity contribution in [2.24, 2.45) is 0 Å². The number of rotatable bonds is 3. The fourth-order valence-corrected chi connectivity index (χ4v) is 2.04. The van der Waals surface area contributed by atoms with E-state index in [0.717, 1.165) is 12.8 Å². The Morgan fingerprint density at radius 3 is 2.85 bits per heavy atom. The average Bonchev–Trinajstić information content (AvgIpc) is 2.48. The second-order valence-electron chi connectivity index (χ2n) is 4.39. The molecule has 7 nitrogen and oxygen atoms in total. The minimum atomic E-state index is -0.816. The summed E-state index contributed by atoms with van der Waals surface area (Å²) in [6, 6.07) is 1.98. The van der Waals surface area contributed by atoms with E-state index < -0.39 is 11.9 Å². The molecule has 2 rings (SSSR count). The molecule has 20 heavy (non-hydrogen) atoms. The van der Waals surface area contributed by atoms with Crippen molar-refractivity contribution in [3.8, 4) is 6.01 Å². The van der Waals surface area contributed by atoms with E-state index in [4.69, 9.17) is 9.47 Å². The molecule has 108 valence electrons. The van der Waals surface area contributed by atoms with Crippen molar-refractivity contribution < 1.29 is 19.1 Å². The first-order valence-electron chi connectivity index (χ1n) is 6.60. The number of piperidine rings is 1. The molecule has 0 aliphatic carbocycles. The molecule has 0 spiro atoms. The monoisotopic (exact) mass is 279 g/mol. The molecule has 2 heterocycles.